The average Bonchev–Trinajstić information content (AvgIpc) is 2.87. The van der Waals surface area contributed by atoms with E-state index in [2.05, 4.69) is 4.72 Å². The maximum Gasteiger partial charge on any atom is 0.339 e. The third-order valence-corrected chi connectivity index (χ3v) is 5.30. The summed E-state index contributed by atoms with van der Waals surface area (Å²) in [7, 11) is -3.97. The van der Waals surface area contributed by atoms with Crippen LogP contribution in [0.2, 0.25) is 0 Å². The van der Waals surface area contributed by atoms with Gasteiger partial charge in [-0.15, -0.1) is 0 Å². The molecule has 1 aliphatic rings. The normalized spacial score (nSPS) is 17.8. The highest BCUT2D eigenvalue weighted by atomic mass is 32.2. The van der Waals surface area contributed by atoms with E-state index < -0.39 is 32.8 Å². The molecule has 0 unspecified atom stereocenters. The number of carboxylic acid groups (broad SMARTS) is 1. The Bertz CT molecular complexity index is 649. The molecule has 0 aromatic heterocycles. The van der Waals surface area contributed by atoms with E-state index in [1.807, 2.05) is 0 Å². The molecule has 7 nitrogen and oxygen atoms in total. The molecular weight excluding hydrogens is 298 g/mol. The van der Waals surface area contributed by atoms with Crippen molar-refractivity contribution in [1.82, 2.24) is 4.72 Å². The monoisotopic (exact) mass is 315 g/mol. The number of rotatable bonds is 5. The Balaban J connectivity index is 2.36. The van der Waals surface area contributed by atoms with Gasteiger partial charge in [-0.3, -0.25) is 0 Å². The summed E-state index contributed by atoms with van der Waals surface area (Å²) in [6.45, 7) is -0.309. The lowest BCUT2D eigenvalue weighted by Crippen LogP contribution is -2.49. The Labute approximate surface area is 122 Å². The molecule has 8 heteroatoms. The van der Waals surface area contributed by atoms with Crippen molar-refractivity contribution in [3.05, 3.63) is 23.8 Å². The van der Waals surface area contributed by atoms with Crippen LogP contribution in [0.4, 0.5) is 0 Å². The van der Waals surface area contributed by atoms with Gasteiger partial charge in [-0.2, -0.15) is 0 Å². The topological polar surface area (TPSA) is 124 Å². The van der Waals surface area contributed by atoms with Crippen LogP contribution in [-0.2, 0) is 10.0 Å². The lowest BCUT2D eigenvalue weighted by atomic mass is 10.0. The van der Waals surface area contributed by atoms with Gasteiger partial charge >= 0.3 is 5.97 Å². The lowest BCUT2D eigenvalue weighted by molar-refractivity contribution is 0.0693. The van der Waals surface area contributed by atoms with Gasteiger partial charge in [0.1, 0.15) is 11.3 Å². The number of phenols is 1. The van der Waals surface area contributed by atoms with E-state index in [0.717, 1.165) is 31.0 Å². The standard InChI is InChI=1S/C13H17NO6S/c15-8-13(5-1-2-6-13)14-21(19,20)9-3-4-11(16)10(7-9)12(17)18/h3-4,7,14-16H,1-2,5-6,8H2,(H,17,18). The number of hydrogen-bond donors (Lipinski definition) is 4. The van der Waals surface area contributed by atoms with E-state index in [1.54, 1.807) is 0 Å². The maximum atomic E-state index is 12.3. The molecule has 116 valence electrons. The van der Waals surface area contributed by atoms with Crippen molar-refractivity contribution in [1.29, 1.82) is 0 Å². The zero-order valence-corrected chi connectivity index (χ0v) is 12.1. The Morgan fingerprint density at radius 3 is 2.43 bits per heavy atom. The van der Waals surface area contributed by atoms with Gasteiger partial charge in [0, 0.05) is 0 Å². The summed E-state index contributed by atoms with van der Waals surface area (Å²) in [5.41, 5.74) is -1.37. The van der Waals surface area contributed by atoms with Crippen molar-refractivity contribution in [3.63, 3.8) is 0 Å². The molecule has 4 N–H and O–H groups in total. The van der Waals surface area contributed by atoms with E-state index in [9.17, 15) is 23.4 Å². The molecule has 2 rings (SSSR count). The van der Waals surface area contributed by atoms with Gasteiger partial charge in [-0.25, -0.2) is 17.9 Å². The molecule has 1 aromatic carbocycles. The first-order valence-corrected chi connectivity index (χ1v) is 7.99. The molecular formula is C13H17NO6S. The summed E-state index contributed by atoms with van der Waals surface area (Å²) in [4.78, 5) is 10.7. The van der Waals surface area contributed by atoms with Crippen LogP contribution in [0.3, 0.4) is 0 Å². The second kappa shape index (κ2) is 5.63. The summed E-state index contributed by atoms with van der Waals surface area (Å²) < 4.78 is 27.2. The maximum absolute atomic E-state index is 12.3. The first-order chi connectivity index (χ1) is 9.80. The van der Waals surface area contributed by atoms with Gasteiger partial charge in [0.25, 0.3) is 0 Å². The van der Waals surface area contributed by atoms with Crippen molar-refractivity contribution >= 4 is 16.0 Å². The predicted molar refractivity (Wildman–Crippen MR) is 73.7 cm³/mol. The minimum absolute atomic E-state index is 0.252. The molecule has 0 amide bonds. The SMILES string of the molecule is O=C(O)c1cc(S(=O)(=O)NC2(CO)CCCC2)ccc1O. The van der Waals surface area contributed by atoms with Crippen LogP contribution in [0.5, 0.6) is 5.75 Å². The van der Waals surface area contributed by atoms with Crippen molar-refractivity contribution in [2.45, 2.75) is 36.1 Å². The van der Waals surface area contributed by atoms with Gasteiger partial charge in [0.05, 0.1) is 17.0 Å². The fourth-order valence-corrected chi connectivity index (χ4v) is 4.02. The van der Waals surface area contributed by atoms with E-state index in [-0.39, 0.29) is 11.5 Å². The molecule has 0 bridgehead atoms. The Kier molecular flexibility index (Phi) is 4.22. The van der Waals surface area contributed by atoms with E-state index in [0.29, 0.717) is 12.8 Å². The van der Waals surface area contributed by atoms with Gasteiger partial charge in [-0.05, 0) is 31.0 Å². The summed E-state index contributed by atoms with van der Waals surface area (Å²) in [6, 6.07) is 3.06. The van der Waals surface area contributed by atoms with Gasteiger partial charge in [0.15, 0.2) is 0 Å². The molecule has 0 heterocycles. The number of carboxylic acids is 1. The van der Waals surface area contributed by atoms with Crippen LogP contribution in [0.1, 0.15) is 36.0 Å². The van der Waals surface area contributed by atoms with Gasteiger partial charge in [-0.1, -0.05) is 12.8 Å². The highest BCUT2D eigenvalue weighted by molar-refractivity contribution is 7.89. The summed E-state index contributed by atoms with van der Waals surface area (Å²) >= 11 is 0. The number of nitrogens with one attached hydrogen (secondary N) is 1. The number of benzene rings is 1. The minimum Gasteiger partial charge on any atom is -0.507 e. The molecule has 0 aliphatic heterocycles. The fraction of sp³-hybridized carbons (Fsp3) is 0.462. The number of carbonyl (C=O) groups is 1. The molecule has 0 saturated heterocycles. The number of sulfonamides is 1. The second-order valence-corrected chi connectivity index (χ2v) is 6.92. The zero-order valence-electron chi connectivity index (χ0n) is 11.2. The van der Waals surface area contributed by atoms with E-state index in [4.69, 9.17) is 5.11 Å². The van der Waals surface area contributed by atoms with Gasteiger partial charge in [0.2, 0.25) is 10.0 Å². The number of aromatic carboxylic acids is 1. The van der Waals surface area contributed by atoms with E-state index in [1.165, 1.54) is 0 Å². The third kappa shape index (κ3) is 3.17. The van der Waals surface area contributed by atoms with Crippen LogP contribution in [0.25, 0.3) is 0 Å². The highest BCUT2D eigenvalue weighted by Gasteiger charge is 2.37. The lowest BCUT2D eigenvalue weighted by Gasteiger charge is -2.27. The molecule has 0 spiro atoms. The first-order valence-electron chi connectivity index (χ1n) is 6.51. The number of aromatic hydroxyl groups is 1. The molecule has 0 atom stereocenters. The van der Waals surface area contributed by atoms with Crippen molar-refractivity contribution < 1.29 is 28.5 Å². The van der Waals surface area contributed by atoms with Crippen LogP contribution in [-0.4, -0.2) is 41.9 Å². The number of hydrogen-bond acceptors (Lipinski definition) is 5. The summed E-state index contributed by atoms with van der Waals surface area (Å²) in [5, 5.41) is 27.8. The largest absolute Gasteiger partial charge is 0.507 e. The highest BCUT2D eigenvalue weighted by Crippen LogP contribution is 2.31. The Hall–Kier alpha value is -1.64. The zero-order chi connectivity index (χ0) is 15.7. The molecule has 1 aliphatic carbocycles. The molecule has 1 saturated carbocycles. The van der Waals surface area contributed by atoms with Crippen molar-refractivity contribution in [2.24, 2.45) is 0 Å². The quantitative estimate of drug-likeness (QED) is 0.633. The third-order valence-electron chi connectivity index (χ3n) is 3.72. The van der Waals surface area contributed by atoms with E-state index >= 15 is 0 Å². The summed E-state index contributed by atoms with van der Waals surface area (Å²) in [6.07, 6.45) is 2.71. The number of aliphatic hydroxyl groups is 1. The van der Waals surface area contributed by atoms with Crippen LogP contribution in [0, 0.1) is 0 Å². The van der Waals surface area contributed by atoms with Crippen molar-refractivity contribution in [3.8, 4) is 5.75 Å². The summed E-state index contributed by atoms with van der Waals surface area (Å²) in [5.74, 6) is -1.92. The van der Waals surface area contributed by atoms with Crippen LogP contribution in [0.15, 0.2) is 23.1 Å². The minimum atomic E-state index is -3.97. The second-order valence-electron chi connectivity index (χ2n) is 5.24. The molecule has 1 fully saturated rings. The molecule has 0 radical (unpaired) electrons. The molecule has 1 aromatic rings. The Morgan fingerprint density at radius 2 is 1.90 bits per heavy atom. The van der Waals surface area contributed by atoms with Gasteiger partial charge < -0.3 is 15.3 Å². The number of aliphatic hydroxyl groups excluding tert-OH is 1. The smallest absolute Gasteiger partial charge is 0.339 e. The van der Waals surface area contributed by atoms with Crippen LogP contribution < -0.4 is 4.72 Å². The average molecular weight is 315 g/mol. The first kappa shape index (κ1) is 15.7. The predicted octanol–water partition coefficient (Wildman–Crippen LogP) is 0.674. The van der Waals surface area contributed by atoms with Crippen molar-refractivity contribution in [2.75, 3.05) is 6.61 Å². The van der Waals surface area contributed by atoms with Crippen LogP contribution >= 0.6 is 0 Å². The fourth-order valence-electron chi connectivity index (χ4n) is 2.54. The Morgan fingerprint density at radius 1 is 1.29 bits per heavy atom. The molecule has 21 heavy (non-hydrogen) atoms.